The first kappa shape index (κ1) is 11.3. The highest BCUT2D eigenvalue weighted by molar-refractivity contribution is 9.10. The van der Waals surface area contributed by atoms with Crippen LogP contribution in [-0.4, -0.2) is 9.78 Å². The average molecular weight is 303 g/mol. The van der Waals surface area contributed by atoms with E-state index in [9.17, 15) is 4.79 Å². The van der Waals surface area contributed by atoms with Gasteiger partial charge >= 0.3 is 0 Å². The van der Waals surface area contributed by atoms with Crippen LogP contribution in [0.4, 0.5) is 0 Å². The molecule has 3 nitrogen and oxygen atoms in total. The maximum absolute atomic E-state index is 12.0. The number of halogens is 1. The van der Waals surface area contributed by atoms with Crippen LogP contribution in [0, 0.1) is 6.92 Å². The molecule has 0 aliphatic heterocycles. The van der Waals surface area contributed by atoms with Crippen LogP contribution in [0.5, 0.6) is 0 Å². The Balaban J connectivity index is 2.25. The lowest BCUT2D eigenvalue weighted by Gasteiger charge is -2.03. The molecule has 3 aromatic rings. The zero-order valence-corrected chi connectivity index (χ0v) is 11.4. The number of benzene rings is 2. The van der Waals surface area contributed by atoms with E-state index in [1.165, 1.54) is 0 Å². The number of hydrogen-bond donors (Lipinski definition) is 1. The molecule has 0 spiro atoms. The molecular formula is C14H11BrN2O. The summed E-state index contributed by atoms with van der Waals surface area (Å²) in [5.74, 6) is 0. The second-order valence-electron chi connectivity index (χ2n) is 4.22. The highest BCUT2D eigenvalue weighted by Crippen LogP contribution is 2.18. The summed E-state index contributed by atoms with van der Waals surface area (Å²) in [6.07, 6.45) is 0. The van der Waals surface area contributed by atoms with Crippen LogP contribution >= 0.6 is 15.9 Å². The lowest BCUT2D eigenvalue weighted by molar-refractivity contribution is 0.836. The fourth-order valence-electron chi connectivity index (χ4n) is 2.02. The lowest BCUT2D eigenvalue weighted by atomic mass is 10.1. The van der Waals surface area contributed by atoms with E-state index in [1.54, 1.807) is 4.68 Å². The fraction of sp³-hybridized carbons (Fsp3) is 0.0714. The van der Waals surface area contributed by atoms with Crippen molar-refractivity contribution < 1.29 is 0 Å². The van der Waals surface area contributed by atoms with Gasteiger partial charge in [0.05, 0.1) is 5.69 Å². The third-order valence-corrected chi connectivity index (χ3v) is 3.92. The Hall–Kier alpha value is -1.81. The van der Waals surface area contributed by atoms with Crippen molar-refractivity contribution in [1.29, 1.82) is 0 Å². The highest BCUT2D eigenvalue weighted by atomic mass is 79.9. The zero-order valence-electron chi connectivity index (χ0n) is 9.77. The monoisotopic (exact) mass is 302 g/mol. The number of H-pyrrole nitrogens is 1. The maximum atomic E-state index is 12.0. The third kappa shape index (κ3) is 1.69. The molecule has 90 valence electrons. The molecular weight excluding hydrogens is 292 g/mol. The van der Waals surface area contributed by atoms with Crippen LogP contribution in [0.2, 0.25) is 0 Å². The SMILES string of the molecule is Cc1[nH]n(-c2ccc3ccccc3c2)c(=O)c1Br. The Bertz CT molecular complexity index is 786. The smallest absolute Gasteiger partial charge is 0.285 e. The number of aromatic nitrogens is 2. The quantitative estimate of drug-likeness (QED) is 0.735. The van der Waals surface area contributed by atoms with E-state index in [0.29, 0.717) is 4.47 Å². The van der Waals surface area contributed by atoms with Gasteiger partial charge in [-0.25, -0.2) is 4.68 Å². The van der Waals surface area contributed by atoms with E-state index < -0.39 is 0 Å². The van der Waals surface area contributed by atoms with Gasteiger partial charge in [0, 0.05) is 5.69 Å². The second kappa shape index (κ2) is 4.14. The predicted molar refractivity (Wildman–Crippen MR) is 76.3 cm³/mol. The first-order valence-corrected chi connectivity index (χ1v) is 6.42. The first-order valence-electron chi connectivity index (χ1n) is 5.63. The predicted octanol–water partition coefficient (Wildman–Crippen LogP) is 3.39. The Morgan fingerprint density at radius 1 is 1.11 bits per heavy atom. The number of aromatic amines is 1. The largest absolute Gasteiger partial charge is 0.294 e. The van der Waals surface area contributed by atoms with Gasteiger partial charge in [-0.2, -0.15) is 0 Å². The number of aryl methyl sites for hydroxylation is 1. The van der Waals surface area contributed by atoms with Crippen LogP contribution in [-0.2, 0) is 0 Å². The molecule has 3 rings (SSSR count). The van der Waals surface area contributed by atoms with Gasteiger partial charge in [0.1, 0.15) is 4.47 Å². The number of fused-ring (bicyclic) bond motifs is 1. The average Bonchev–Trinajstić information content (AvgIpc) is 2.66. The number of nitrogens with one attached hydrogen (secondary N) is 1. The molecule has 1 heterocycles. The van der Waals surface area contributed by atoms with Gasteiger partial charge in [-0.05, 0) is 45.8 Å². The van der Waals surface area contributed by atoms with E-state index in [-0.39, 0.29) is 5.56 Å². The summed E-state index contributed by atoms with van der Waals surface area (Å²) in [6.45, 7) is 1.86. The van der Waals surface area contributed by atoms with E-state index in [2.05, 4.69) is 27.1 Å². The van der Waals surface area contributed by atoms with E-state index in [1.807, 2.05) is 43.3 Å². The third-order valence-electron chi connectivity index (χ3n) is 2.99. The van der Waals surface area contributed by atoms with E-state index in [0.717, 1.165) is 22.2 Å². The van der Waals surface area contributed by atoms with Crippen molar-refractivity contribution in [1.82, 2.24) is 9.78 Å². The Morgan fingerprint density at radius 2 is 1.83 bits per heavy atom. The molecule has 0 unspecified atom stereocenters. The summed E-state index contributed by atoms with van der Waals surface area (Å²) in [7, 11) is 0. The molecule has 1 N–H and O–H groups in total. The van der Waals surface area contributed by atoms with Crippen molar-refractivity contribution in [2.75, 3.05) is 0 Å². The van der Waals surface area contributed by atoms with Gasteiger partial charge in [0.25, 0.3) is 5.56 Å². The summed E-state index contributed by atoms with van der Waals surface area (Å²) in [5, 5.41) is 5.33. The van der Waals surface area contributed by atoms with Gasteiger partial charge in [-0.15, -0.1) is 0 Å². The first-order chi connectivity index (χ1) is 8.66. The van der Waals surface area contributed by atoms with Crippen molar-refractivity contribution in [2.24, 2.45) is 0 Å². The van der Waals surface area contributed by atoms with Gasteiger partial charge in [-0.1, -0.05) is 30.3 Å². The summed E-state index contributed by atoms with van der Waals surface area (Å²) in [4.78, 5) is 12.0. The summed E-state index contributed by atoms with van der Waals surface area (Å²) in [6, 6.07) is 14.0. The molecule has 0 saturated heterocycles. The van der Waals surface area contributed by atoms with Gasteiger partial charge < -0.3 is 0 Å². The molecule has 0 atom stereocenters. The number of hydrogen-bond acceptors (Lipinski definition) is 1. The molecule has 0 radical (unpaired) electrons. The maximum Gasteiger partial charge on any atom is 0.285 e. The fourth-order valence-corrected chi connectivity index (χ4v) is 2.29. The number of rotatable bonds is 1. The molecule has 0 aliphatic rings. The van der Waals surface area contributed by atoms with Gasteiger partial charge in [0.15, 0.2) is 0 Å². The summed E-state index contributed by atoms with van der Waals surface area (Å²) < 4.78 is 2.13. The molecule has 0 fully saturated rings. The van der Waals surface area contributed by atoms with Crippen molar-refractivity contribution >= 4 is 26.7 Å². The Morgan fingerprint density at radius 3 is 2.50 bits per heavy atom. The molecule has 2 aromatic carbocycles. The normalized spacial score (nSPS) is 11.0. The molecule has 18 heavy (non-hydrogen) atoms. The zero-order chi connectivity index (χ0) is 12.7. The van der Waals surface area contributed by atoms with Crippen molar-refractivity contribution in [3.05, 3.63) is 63.0 Å². The molecule has 0 saturated carbocycles. The highest BCUT2D eigenvalue weighted by Gasteiger charge is 2.09. The standard InChI is InChI=1S/C14H11BrN2O/c1-9-13(15)14(18)17(16-9)12-7-6-10-4-2-3-5-11(10)8-12/h2-8,16H,1H3. The van der Waals surface area contributed by atoms with Crippen molar-refractivity contribution in [3.8, 4) is 5.69 Å². The van der Waals surface area contributed by atoms with E-state index in [4.69, 9.17) is 0 Å². The van der Waals surface area contributed by atoms with Crippen LogP contribution < -0.4 is 5.56 Å². The van der Waals surface area contributed by atoms with Crippen LogP contribution in [0.1, 0.15) is 5.69 Å². The Kier molecular flexibility index (Phi) is 2.59. The topological polar surface area (TPSA) is 37.8 Å². The van der Waals surface area contributed by atoms with Crippen LogP contribution in [0.15, 0.2) is 51.7 Å². The minimum Gasteiger partial charge on any atom is -0.294 e. The number of nitrogens with zero attached hydrogens (tertiary/aromatic N) is 1. The molecule has 0 bridgehead atoms. The summed E-state index contributed by atoms with van der Waals surface area (Å²) >= 11 is 3.28. The molecule has 4 heteroatoms. The minimum absolute atomic E-state index is 0.0669. The van der Waals surface area contributed by atoms with Crippen molar-refractivity contribution in [3.63, 3.8) is 0 Å². The van der Waals surface area contributed by atoms with E-state index >= 15 is 0 Å². The minimum atomic E-state index is -0.0669. The molecule has 0 aliphatic carbocycles. The van der Waals surface area contributed by atoms with Gasteiger partial charge in [0.2, 0.25) is 0 Å². The summed E-state index contributed by atoms with van der Waals surface area (Å²) in [5.41, 5.74) is 1.60. The van der Waals surface area contributed by atoms with Gasteiger partial charge in [-0.3, -0.25) is 9.89 Å². The molecule has 0 amide bonds. The lowest BCUT2D eigenvalue weighted by Crippen LogP contribution is -2.14. The van der Waals surface area contributed by atoms with Crippen LogP contribution in [0.3, 0.4) is 0 Å². The molecule has 1 aromatic heterocycles. The Labute approximate surface area is 112 Å². The van der Waals surface area contributed by atoms with Crippen molar-refractivity contribution in [2.45, 2.75) is 6.92 Å². The second-order valence-corrected chi connectivity index (χ2v) is 5.02. The van der Waals surface area contributed by atoms with Crippen LogP contribution in [0.25, 0.3) is 16.5 Å².